The van der Waals surface area contributed by atoms with Crippen molar-refractivity contribution in [2.24, 2.45) is 5.41 Å². The molecule has 1 unspecified atom stereocenters. The molecular weight excluding hydrogens is 504 g/mol. The van der Waals surface area contributed by atoms with E-state index in [1.54, 1.807) is 0 Å². The van der Waals surface area contributed by atoms with Crippen molar-refractivity contribution < 1.29 is 14.3 Å². The van der Waals surface area contributed by atoms with Gasteiger partial charge >= 0.3 is 5.91 Å². The molecule has 1 atom stereocenters. The summed E-state index contributed by atoms with van der Waals surface area (Å²) < 4.78 is -0.266. The first kappa shape index (κ1) is 27.0. The van der Waals surface area contributed by atoms with E-state index in [1.165, 1.54) is 0 Å². The first-order valence-corrected chi connectivity index (χ1v) is 12.8. The number of hydrogen-bond acceptors (Lipinski definition) is 3. The fraction of sp³-hybridized carbons (Fsp3) is 0.667. The quantitative estimate of drug-likeness (QED) is 0.353. The van der Waals surface area contributed by atoms with Crippen LogP contribution in [0.3, 0.4) is 0 Å². The van der Waals surface area contributed by atoms with Gasteiger partial charge in [-0.05, 0) is 85.1 Å². The lowest BCUT2D eigenvalue weighted by molar-refractivity contribution is -0.608. The minimum atomic E-state index is -2.08. The van der Waals surface area contributed by atoms with E-state index in [4.69, 9.17) is 51.2 Å². The molecule has 0 aromatic heterocycles. The number of halogens is 4. The van der Waals surface area contributed by atoms with E-state index in [0.29, 0.717) is 11.6 Å². The molecule has 1 aromatic rings. The number of benzene rings is 1. The smallest absolute Gasteiger partial charge is 0.291 e. The second-order valence-electron chi connectivity index (χ2n) is 11.0. The van der Waals surface area contributed by atoms with Gasteiger partial charge in [0.1, 0.15) is 6.61 Å². The third-order valence-corrected chi connectivity index (χ3v) is 7.43. The molecule has 1 saturated heterocycles. The van der Waals surface area contributed by atoms with Crippen molar-refractivity contribution in [3.8, 4) is 0 Å². The van der Waals surface area contributed by atoms with Crippen LogP contribution in [0.5, 0.6) is 0 Å². The van der Waals surface area contributed by atoms with Crippen LogP contribution >= 0.6 is 46.4 Å². The van der Waals surface area contributed by atoms with Crippen LogP contribution in [0.15, 0.2) is 24.3 Å². The molecule has 1 fully saturated rings. The van der Waals surface area contributed by atoms with Gasteiger partial charge in [-0.3, -0.25) is 9.63 Å². The molecule has 2 aliphatic heterocycles. The molecule has 0 radical (unpaired) electrons. The summed E-state index contributed by atoms with van der Waals surface area (Å²) in [5.74, 6) is -0.708. The third kappa shape index (κ3) is 5.99. The van der Waals surface area contributed by atoms with Gasteiger partial charge in [-0.25, -0.2) is 0 Å². The number of hydrazine groups is 1. The zero-order valence-electron chi connectivity index (χ0n) is 20.1. The lowest BCUT2D eigenvalue weighted by Gasteiger charge is -2.51. The fourth-order valence-corrected chi connectivity index (χ4v) is 5.62. The van der Waals surface area contributed by atoms with Crippen LogP contribution in [0, 0.1) is 5.41 Å². The van der Waals surface area contributed by atoms with E-state index < -0.39 is 9.70 Å². The van der Waals surface area contributed by atoms with Crippen LogP contribution in [-0.2, 0) is 9.63 Å². The summed E-state index contributed by atoms with van der Waals surface area (Å²) in [6, 6.07) is 7.38. The average molecular weight is 538 g/mol. The zero-order valence-corrected chi connectivity index (χ0v) is 23.2. The summed E-state index contributed by atoms with van der Waals surface area (Å²) in [6.45, 7) is 13.5. The molecule has 2 aliphatic rings. The summed E-state index contributed by atoms with van der Waals surface area (Å²) in [5.41, 5.74) is 4.26. The molecule has 0 aliphatic carbocycles. The highest BCUT2D eigenvalue weighted by atomic mass is 35.6. The normalized spacial score (nSPS) is 24.7. The van der Waals surface area contributed by atoms with Crippen molar-refractivity contribution in [3.05, 3.63) is 34.9 Å². The lowest BCUT2D eigenvalue weighted by Crippen LogP contribution is -2.59. The number of piperidine rings is 1. The van der Waals surface area contributed by atoms with Gasteiger partial charge < -0.3 is 0 Å². The Morgan fingerprint density at radius 1 is 1.09 bits per heavy atom. The van der Waals surface area contributed by atoms with Crippen LogP contribution < -0.4 is 5.43 Å². The van der Waals surface area contributed by atoms with Gasteiger partial charge in [-0.15, -0.1) is 10.1 Å². The molecule has 184 valence electrons. The van der Waals surface area contributed by atoms with E-state index in [-0.39, 0.29) is 22.5 Å². The molecule has 1 amide bonds. The molecule has 0 bridgehead atoms. The largest absolute Gasteiger partial charge is 0.325 e. The number of hydrogen-bond donors (Lipinski definition) is 1. The van der Waals surface area contributed by atoms with E-state index >= 15 is 0 Å². The van der Waals surface area contributed by atoms with Gasteiger partial charge in [0.2, 0.25) is 11.8 Å². The average Bonchev–Trinajstić information content (AvgIpc) is 2.90. The number of rotatable bonds is 5. The number of nitrogens with zero attached hydrogens (tertiary/aromatic N) is 2. The lowest BCUT2D eigenvalue weighted by atomic mass is 9.81. The van der Waals surface area contributed by atoms with E-state index in [0.717, 1.165) is 37.0 Å². The van der Waals surface area contributed by atoms with Gasteiger partial charge in [-0.2, -0.15) is 5.06 Å². The van der Waals surface area contributed by atoms with Crippen LogP contribution in [0.4, 0.5) is 0 Å². The maximum absolute atomic E-state index is 12.7. The second-order valence-corrected chi connectivity index (χ2v) is 13.7. The van der Waals surface area contributed by atoms with Crippen LogP contribution in [-0.4, -0.2) is 48.9 Å². The van der Waals surface area contributed by atoms with Gasteiger partial charge in [-0.1, -0.05) is 46.4 Å². The highest BCUT2D eigenvalue weighted by molar-refractivity contribution is 6.76. The maximum Gasteiger partial charge on any atom is 0.325 e. The Bertz CT molecular complexity index is 905. The predicted molar refractivity (Wildman–Crippen MR) is 136 cm³/mol. The fourth-order valence-electron chi connectivity index (χ4n) is 5.36. The molecule has 0 spiro atoms. The Balaban J connectivity index is 1.97. The minimum absolute atomic E-state index is 0.0930. The highest BCUT2D eigenvalue weighted by Crippen LogP contribution is 2.40. The number of hydroxylamine groups is 2. The van der Waals surface area contributed by atoms with Crippen molar-refractivity contribution in [2.45, 2.75) is 88.1 Å². The molecule has 0 saturated carbocycles. The second kappa shape index (κ2) is 9.48. The van der Waals surface area contributed by atoms with Crippen molar-refractivity contribution in [1.29, 1.82) is 0 Å². The molecule has 2 heterocycles. The first-order chi connectivity index (χ1) is 15.0. The SMILES string of the molecule is CC1(C)CC(CON2C(C)(C)CCCC2(C)C)[N+](NC(=O)C(Cl)(Cl)Cl)=C1c1ccc(Cl)cc1. The highest BCUT2D eigenvalue weighted by Gasteiger charge is 2.51. The Kier molecular flexibility index (Phi) is 7.76. The number of hydrazone groups is 1. The van der Waals surface area contributed by atoms with Gasteiger partial charge in [0.15, 0.2) is 0 Å². The number of alkyl halides is 3. The Morgan fingerprint density at radius 2 is 1.64 bits per heavy atom. The molecule has 1 N–H and O–H groups in total. The molecule has 1 aromatic carbocycles. The van der Waals surface area contributed by atoms with E-state index in [1.807, 2.05) is 28.9 Å². The minimum Gasteiger partial charge on any atom is -0.291 e. The van der Waals surface area contributed by atoms with Crippen LogP contribution in [0.2, 0.25) is 5.02 Å². The number of carbonyl (C=O) groups is 1. The third-order valence-electron chi connectivity index (χ3n) is 6.66. The molecular formula is C24H34Cl4N3O2+. The summed E-state index contributed by atoms with van der Waals surface area (Å²) in [6.07, 6.45) is 4.03. The summed E-state index contributed by atoms with van der Waals surface area (Å²) in [4.78, 5) is 19.2. The predicted octanol–water partition coefficient (Wildman–Crippen LogP) is 6.32. The van der Waals surface area contributed by atoms with Gasteiger partial charge in [0.25, 0.3) is 3.79 Å². The monoisotopic (exact) mass is 536 g/mol. The van der Waals surface area contributed by atoms with Crippen molar-refractivity contribution in [3.63, 3.8) is 0 Å². The number of amides is 1. The molecule has 33 heavy (non-hydrogen) atoms. The zero-order chi connectivity index (χ0) is 24.8. The maximum atomic E-state index is 12.7. The Labute approximate surface area is 217 Å². The van der Waals surface area contributed by atoms with E-state index in [9.17, 15) is 4.79 Å². The molecule has 9 heteroatoms. The van der Waals surface area contributed by atoms with Gasteiger partial charge in [0, 0.05) is 28.1 Å². The summed E-state index contributed by atoms with van der Waals surface area (Å²) in [5, 5.41) is 2.77. The molecule has 3 rings (SSSR count). The summed E-state index contributed by atoms with van der Waals surface area (Å²) >= 11 is 23.8. The van der Waals surface area contributed by atoms with E-state index in [2.05, 4.69) is 52.0 Å². The van der Waals surface area contributed by atoms with Crippen molar-refractivity contribution >= 4 is 58.0 Å². The topological polar surface area (TPSA) is 44.6 Å². The van der Waals surface area contributed by atoms with Crippen LogP contribution in [0.1, 0.15) is 72.8 Å². The first-order valence-electron chi connectivity index (χ1n) is 11.3. The standard InChI is InChI=1S/C24H33Cl4N3O2/c1-21(2)14-18(15-33-31-22(3,4)12-7-13-23(31,5)6)30(29-20(32)24(26,27)28)19(21)16-8-10-17(25)11-9-16/h8-11,18H,7,12-15H2,1-6H3/p+1. The summed E-state index contributed by atoms with van der Waals surface area (Å²) in [7, 11) is 0. The Hall–Kier alpha value is -0.560. The number of nitrogens with one attached hydrogen (secondary N) is 1. The van der Waals surface area contributed by atoms with Crippen molar-refractivity contribution in [1.82, 2.24) is 10.5 Å². The van der Waals surface area contributed by atoms with Crippen molar-refractivity contribution in [2.75, 3.05) is 6.61 Å². The Morgan fingerprint density at radius 3 is 2.15 bits per heavy atom. The van der Waals surface area contributed by atoms with Crippen LogP contribution in [0.25, 0.3) is 0 Å². The molecule has 5 nitrogen and oxygen atoms in total. The number of carbonyl (C=O) groups excluding carboxylic acids is 1. The van der Waals surface area contributed by atoms with Gasteiger partial charge in [0.05, 0.1) is 5.41 Å².